The summed E-state index contributed by atoms with van der Waals surface area (Å²) in [5.74, 6) is 0.510. The molecule has 0 saturated carbocycles. The average Bonchev–Trinajstić information content (AvgIpc) is 2.32. The lowest BCUT2D eigenvalue weighted by atomic mass is 9.89. The van der Waals surface area contributed by atoms with Gasteiger partial charge in [0.25, 0.3) is 0 Å². The van der Waals surface area contributed by atoms with Gasteiger partial charge in [-0.3, -0.25) is 4.79 Å². The minimum atomic E-state index is -0.357. The van der Waals surface area contributed by atoms with Crippen molar-refractivity contribution in [2.75, 3.05) is 0 Å². The number of Topliss-reactive ketones (excluding diaryl/α,β-unsaturated/α-hetero) is 1. The summed E-state index contributed by atoms with van der Waals surface area (Å²) < 4.78 is 5.10. The first-order valence-electron chi connectivity index (χ1n) is 4.01. The Morgan fingerprint density at radius 3 is 2.33 bits per heavy atom. The summed E-state index contributed by atoms with van der Waals surface area (Å²) in [6, 6.07) is 1.77. The van der Waals surface area contributed by atoms with Crippen LogP contribution in [0.5, 0.6) is 0 Å². The predicted octanol–water partition coefficient (Wildman–Crippen LogP) is 2.82. The topological polar surface area (TPSA) is 30.2 Å². The van der Waals surface area contributed by atoms with Gasteiger partial charge >= 0.3 is 0 Å². The highest BCUT2D eigenvalue weighted by Crippen LogP contribution is 2.21. The minimum Gasteiger partial charge on any atom is -0.461 e. The molecule has 0 N–H and O–H groups in total. The quantitative estimate of drug-likeness (QED) is 0.600. The summed E-state index contributed by atoms with van der Waals surface area (Å²) in [6.45, 7) is 7.55. The molecule has 66 valence electrons. The van der Waals surface area contributed by atoms with Crippen LogP contribution in [0.1, 0.15) is 36.9 Å². The van der Waals surface area contributed by atoms with E-state index in [-0.39, 0.29) is 11.2 Å². The first-order valence-corrected chi connectivity index (χ1v) is 4.01. The number of carbonyl (C=O) groups excluding carboxylic acids is 1. The van der Waals surface area contributed by atoms with Gasteiger partial charge in [0.1, 0.15) is 0 Å². The molecule has 0 unspecified atom stereocenters. The lowest BCUT2D eigenvalue weighted by Crippen LogP contribution is -2.19. The molecule has 2 heteroatoms. The first kappa shape index (κ1) is 9.04. The Morgan fingerprint density at radius 2 is 2.00 bits per heavy atom. The molecule has 0 atom stereocenters. The van der Waals surface area contributed by atoms with Crippen molar-refractivity contribution < 1.29 is 9.21 Å². The van der Waals surface area contributed by atoms with Gasteiger partial charge in [0, 0.05) is 5.41 Å². The normalized spacial score (nSPS) is 11.7. The number of aryl methyl sites for hydroxylation is 1. The van der Waals surface area contributed by atoms with Crippen LogP contribution >= 0.6 is 0 Å². The lowest BCUT2D eigenvalue weighted by Gasteiger charge is -2.13. The first-order chi connectivity index (χ1) is 5.41. The summed E-state index contributed by atoms with van der Waals surface area (Å²) in [5, 5.41) is 0. The molecular weight excluding hydrogens is 152 g/mol. The van der Waals surface area contributed by atoms with Gasteiger partial charge in [-0.15, -0.1) is 0 Å². The minimum absolute atomic E-state index is 0.0515. The maximum Gasteiger partial charge on any atom is 0.203 e. The van der Waals surface area contributed by atoms with Crippen molar-refractivity contribution in [1.29, 1.82) is 0 Å². The molecule has 1 heterocycles. The molecular formula is C10H14O2. The summed E-state index contributed by atoms with van der Waals surface area (Å²) in [4.78, 5) is 11.6. The van der Waals surface area contributed by atoms with Gasteiger partial charge in [-0.2, -0.15) is 0 Å². The molecule has 0 aromatic carbocycles. The van der Waals surface area contributed by atoms with Crippen LogP contribution in [-0.2, 0) is 0 Å². The molecule has 0 aliphatic heterocycles. The molecule has 0 bridgehead atoms. The summed E-state index contributed by atoms with van der Waals surface area (Å²) in [5.41, 5.74) is 0.632. The van der Waals surface area contributed by atoms with Crippen molar-refractivity contribution in [2.24, 2.45) is 5.41 Å². The number of ketones is 1. The molecule has 2 nitrogen and oxygen atoms in total. The van der Waals surface area contributed by atoms with Crippen molar-refractivity contribution in [2.45, 2.75) is 27.7 Å². The Balaban J connectivity index is 2.93. The molecule has 0 spiro atoms. The van der Waals surface area contributed by atoms with Crippen LogP contribution in [0.3, 0.4) is 0 Å². The van der Waals surface area contributed by atoms with Crippen molar-refractivity contribution >= 4 is 5.78 Å². The zero-order chi connectivity index (χ0) is 9.35. The Morgan fingerprint density at radius 1 is 1.42 bits per heavy atom. The van der Waals surface area contributed by atoms with Gasteiger partial charge in [0.15, 0.2) is 5.76 Å². The van der Waals surface area contributed by atoms with Gasteiger partial charge in [-0.25, -0.2) is 0 Å². The van der Waals surface area contributed by atoms with E-state index in [0.29, 0.717) is 5.76 Å². The zero-order valence-corrected chi connectivity index (χ0v) is 7.97. The van der Waals surface area contributed by atoms with E-state index in [4.69, 9.17) is 4.42 Å². The molecule has 12 heavy (non-hydrogen) atoms. The van der Waals surface area contributed by atoms with Gasteiger partial charge in [-0.05, 0) is 18.6 Å². The molecule has 0 aliphatic carbocycles. The Kier molecular flexibility index (Phi) is 2.09. The lowest BCUT2D eigenvalue weighted by molar-refractivity contribution is 0.0828. The third-order valence-electron chi connectivity index (χ3n) is 1.64. The number of carbonyl (C=O) groups is 1. The number of rotatable bonds is 1. The van der Waals surface area contributed by atoms with E-state index in [2.05, 4.69) is 0 Å². The van der Waals surface area contributed by atoms with Gasteiger partial charge in [0.05, 0.1) is 6.26 Å². The highest BCUT2D eigenvalue weighted by atomic mass is 16.3. The van der Waals surface area contributed by atoms with Crippen molar-refractivity contribution in [3.05, 3.63) is 23.7 Å². The molecule has 0 fully saturated rings. The van der Waals surface area contributed by atoms with Gasteiger partial charge in [-0.1, -0.05) is 20.8 Å². The maximum absolute atomic E-state index is 11.6. The number of hydrogen-bond donors (Lipinski definition) is 0. The second-order valence-corrected chi connectivity index (χ2v) is 4.07. The monoisotopic (exact) mass is 166 g/mol. The molecule has 0 aliphatic rings. The van der Waals surface area contributed by atoms with E-state index < -0.39 is 0 Å². The average molecular weight is 166 g/mol. The Hall–Kier alpha value is -1.05. The van der Waals surface area contributed by atoms with Gasteiger partial charge < -0.3 is 4.42 Å². The molecule has 1 aromatic heterocycles. The van der Waals surface area contributed by atoms with E-state index in [9.17, 15) is 4.79 Å². The highest BCUT2D eigenvalue weighted by molar-refractivity contribution is 5.97. The van der Waals surface area contributed by atoms with E-state index in [1.165, 1.54) is 0 Å². The van der Waals surface area contributed by atoms with Crippen LogP contribution in [0.4, 0.5) is 0 Å². The standard InChI is InChI=1S/C10H14O2/c1-7-5-8(12-6-7)9(11)10(2,3)4/h5-6H,1-4H3. The van der Waals surface area contributed by atoms with Crippen LogP contribution in [0.15, 0.2) is 16.7 Å². The predicted molar refractivity (Wildman–Crippen MR) is 47.2 cm³/mol. The van der Waals surface area contributed by atoms with E-state index in [1.54, 1.807) is 12.3 Å². The third-order valence-corrected chi connectivity index (χ3v) is 1.64. The zero-order valence-electron chi connectivity index (χ0n) is 7.97. The van der Waals surface area contributed by atoms with Crippen LogP contribution in [0, 0.1) is 12.3 Å². The molecule has 0 radical (unpaired) electrons. The fourth-order valence-electron chi connectivity index (χ4n) is 0.920. The Bertz CT molecular complexity index is 289. The van der Waals surface area contributed by atoms with Crippen molar-refractivity contribution in [3.63, 3.8) is 0 Å². The maximum atomic E-state index is 11.6. The molecule has 1 rings (SSSR count). The second-order valence-electron chi connectivity index (χ2n) is 4.07. The largest absolute Gasteiger partial charge is 0.461 e. The fraction of sp³-hybridized carbons (Fsp3) is 0.500. The highest BCUT2D eigenvalue weighted by Gasteiger charge is 2.25. The van der Waals surface area contributed by atoms with E-state index >= 15 is 0 Å². The molecule has 1 aromatic rings. The van der Waals surface area contributed by atoms with Crippen LogP contribution < -0.4 is 0 Å². The van der Waals surface area contributed by atoms with E-state index in [0.717, 1.165) is 5.56 Å². The summed E-state index contributed by atoms with van der Waals surface area (Å²) in [7, 11) is 0. The van der Waals surface area contributed by atoms with Crippen LogP contribution in [0.25, 0.3) is 0 Å². The van der Waals surface area contributed by atoms with Crippen molar-refractivity contribution in [1.82, 2.24) is 0 Å². The van der Waals surface area contributed by atoms with Crippen LogP contribution in [0.2, 0.25) is 0 Å². The summed E-state index contributed by atoms with van der Waals surface area (Å²) in [6.07, 6.45) is 1.60. The number of hydrogen-bond acceptors (Lipinski definition) is 2. The smallest absolute Gasteiger partial charge is 0.203 e. The third kappa shape index (κ3) is 1.76. The number of furan rings is 1. The SMILES string of the molecule is Cc1coc(C(=O)C(C)(C)C)c1. The molecule has 0 amide bonds. The van der Waals surface area contributed by atoms with E-state index in [1.807, 2.05) is 27.7 Å². The Labute approximate surface area is 72.6 Å². The fourth-order valence-corrected chi connectivity index (χ4v) is 0.920. The summed E-state index contributed by atoms with van der Waals surface area (Å²) >= 11 is 0. The molecule has 0 saturated heterocycles. The van der Waals surface area contributed by atoms with Gasteiger partial charge in [0.2, 0.25) is 5.78 Å². The second kappa shape index (κ2) is 2.77. The van der Waals surface area contributed by atoms with Crippen molar-refractivity contribution in [3.8, 4) is 0 Å². The van der Waals surface area contributed by atoms with Crippen LogP contribution in [-0.4, -0.2) is 5.78 Å².